The van der Waals surface area contributed by atoms with Gasteiger partial charge in [-0.15, -0.1) is 0 Å². The maximum atomic E-state index is 11.1. The number of allylic oxidation sites excluding steroid dienone is 1. The number of sulfonamides is 1. The lowest BCUT2D eigenvalue weighted by Crippen LogP contribution is -2.13. The number of nitrogens with two attached hydrogens (primary N) is 1. The summed E-state index contributed by atoms with van der Waals surface area (Å²) >= 11 is 3.21. The maximum Gasteiger partial charge on any atom is 0.238 e. The molecule has 0 fully saturated rings. The molecule has 0 aliphatic rings. The Morgan fingerprint density at radius 3 is 2.57 bits per heavy atom. The van der Waals surface area contributed by atoms with Gasteiger partial charge < -0.3 is 0 Å². The van der Waals surface area contributed by atoms with Crippen LogP contribution in [0.4, 0.5) is 0 Å². The summed E-state index contributed by atoms with van der Waals surface area (Å²) in [5.74, 6) is 0. The predicted molar refractivity (Wildman–Crippen MR) is 60.6 cm³/mol. The molecule has 1 rings (SSSR count). The molecule has 0 heterocycles. The summed E-state index contributed by atoms with van der Waals surface area (Å²) in [7, 11) is -3.63. The topological polar surface area (TPSA) is 60.2 Å². The van der Waals surface area contributed by atoms with Gasteiger partial charge in [0.2, 0.25) is 10.0 Å². The Bertz CT molecular complexity index is 440. The molecule has 0 radical (unpaired) electrons. The van der Waals surface area contributed by atoms with Crippen LogP contribution in [-0.2, 0) is 10.0 Å². The van der Waals surface area contributed by atoms with Crippen molar-refractivity contribution in [2.75, 3.05) is 5.33 Å². The van der Waals surface area contributed by atoms with Gasteiger partial charge in [0.1, 0.15) is 0 Å². The first-order valence-corrected chi connectivity index (χ1v) is 6.57. The van der Waals surface area contributed by atoms with Crippen LogP contribution in [0.3, 0.4) is 0 Å². The highest BCUT2D eigenvalue weighted by atomic mass is 79.9. The fourth-order valence-corrected chi connectivity index (χ4v) is 1.97. The van der Waals surface area contributed by atoms with E-state index in [0.29, 0.717) is 10.9 Å². The molecule has 0 aliphatic heterocycles. The van der Waals surface area contributed by atoms with Gasteiger partial charge in [0.15, 0.2) is 0 Å². The van der Waals surface area contributed by atoms with E-state index >= 15 is 0 Å². The molecule has 0 atom stereocenters. The average molecular weight is 276 g/mol. The van der Waals surface area contributed by atoms with Crippen LogP contribution in [0.2, 0.25) is 0 Å². The number of alkyl halides is 1. The number of primary sulfonamides is 1. The zero-order valence-corrected chi connectivity index (χ0v) is 9.75. The van der Waals surface area contributed by atoms with Crippen molar-refractivity contribution >= 4 is 32.0 Å². The van der Waals surface area contributed by atoms with Gasteiger partial charge in [0.05, 0.1) is 4.90 Å². The van der Waals surface area contributed by atoms with E-state index in [4.69, 9.17) is 5.14 Å². The smallest absolute Gasteiger partial charge is 0.225 e. The Hall–Kier alpha value is -0.650. The molecule has 0 spiro atoms. The average Bonchev–Trinajstić information content (AvgIpc) is 2.14. The predicted octanol–water partition coefficient (Wildman–Crippen LogP) is 1.74. The molecule has 2 N–H and O–H groups in total. The van der Waals surface area contributed by atoms with Crippen molar-refractivity contribution in [2.45, 2.75) is 4.90 Å². The van der Waals surface area contributed by atoms with Crippen LogP contribution in [0.1, 0.15) is 5.56 Å². The summed E-state index contributed by atoms with van der Waals surface area (Å²) in [4.78, 5) is 0.150. The SMILES string of the molecule is NS(=O)(=O)c1ccccc1C=CCBr. The third kappa shape index (κ3) is 2.94. The Morgan fingerprint density at radius 1 is 1.36 bits per heavy atom. The third-order valence-electron chi connectivity index (χ3n) is 1.61. The normalized spacial score (nSPS) is 12.1. The second-order valence-electron chi connectivity index (χ2n) is 2.64. The van der Waals surface area contributed by atoms with Crippen molar-refractivity contribution in [1.82, 2.24) is 0 Å². The van der Waals surface area contributed by atoms with Crippen molar-refractivity contribution in [3.63, 3.8) is 0 Å². The first kappa shape index (κ1) is 11.4. The Morgan fingerprint density at radius 2 is 2.00 bits per heavy atom. The van der Waals surface area contributed by atoms with E-state index in [-0.39, 0.29) is 4.90 Å². The molecule has 76 valence electrons. The summed E-state index contributed by atoms with van der Waals surface area (Å²) in [5, 5.41) is 5.73. The minimum Gasteiger partial charge on any atom is -0.225 e. The van der Waals surface area contributed by atoms with Gasteiger partial charge in [0, 0.05) is 5.33 Å². The number of rotatable bonds is 3. The number of halogens is 1. The van der Waals surface area contributed by atoms with Crippen LogP contribution < -0.4 is 5.14 Å². The molecule has 0 saturated carbocycles. The van der Waals surface area contributed by atoms with E-state index in [9.17, 15) is 8.42 Å². The summed E-state index contributed by atoms with van der Waals surface area (Å²) in [6.07, 6.45) is 3.53. The van der Waals surface area contributed by atoms with E-state index in [1.807, 2.05) is 6.08 Å². The Kier molecular flexibility index (Phi) is 3.86. The maximum absolute atomic E-state index is 11.1. The minimum absolute atomic E-state index is 0.150. The molecule has 0 saturated heterocycles. The lowest BCUT2D eigenvalue weighted by atomic mass is 10.2. The van der Waals surface area contributed by atoms with Gasteiger partial charge in [-0.3, -0.25) is 0 Å². The van der Waals surface area contributed by atoms with Crippen LogP contribution >= 0.6 is 15.9 Å². The highest BCUT2D eigenvalue weighted by Crippen LogP contribution is 2.15. The van der Waals surface area contributed by atoms with Gasteiger partial charge in [-0.25, -0.2) is 13.6 Å². The minimum atomic E-state index is -3.63. The Balaban J connectivity index is 3.24. The molecule has 3 nitrogen and oxygen atoms in total. The van der Waals surface area contributed by atoms with Crippen LogP contribution in [0.25, 0.3) is 6.08 Å². The lowest BCUT2D eigenvalue weighted by Gasteiger charge is -2.01. The van der Waals surface area contributed by atoms with E-state index in [0.717, 1.165) is 0 Å². The standard InChI is InChI=1S/C9H10BrNO2S/c10-7-3-5-8-4-1-2-6-9(8)14(11,12)13/h1-6H,7H2,(H2,11,12,13). The van der Waals surface area contributed by atoms with E-state index in [1.54, 1.807) is 24.3 Å². The molecule has 1 aromatic carbocycles. The van der Waals surface area contributed by atoms with Crippen molar-refractivity contribution in [1.29, 1.82) is 0 Å². The van der Waals surface area contributed by atoms with Gasteiger partial charge in [-0.2, -0.15) is 0 Å². The number of benzene rings is 1. The highest BCUT2D eigenvalue weighted by molar-refractivity contribution is 9.09. The molecule has 0 aliphatic carbocycles. The number of hydrogen-bond acceptors (Lipinski definition) is 2. The van der Waals surface area contributed by atoms with E-state index in [1.165, 1.54) is 6.07 Å². The summed E-state index contributed by atoms with van der Waals surface area (Å²) in [5.41, 5.74) is 0.606. The summed E-state index contributed by atoms with van der Waals surface area (Å²) < 4.78 is 22.3. The second kappa shape index (κ2) is 4.72. The molecular formula is C9H10BrNO2S. The fraction of sp³-hybridized carbons (Fsp3) is 0.111. The largest absolute Gasteiger partial charge is 0.238 e. The molecule has 0 amide bonds. The molecule has 14 heavy (non-hydrogen) atoms. The summed E-state index contributed by atoms with van der Waals surface area (Å²) in [6, 6.07) is 6.61. The van der Waals surface area contributed by atoms with E-state index in [2.05, 4.69) is 15.9 Å². The van der Waals surface area contributed by atoms with Gasteiger partial charge in [-0.1, -0.05) is 46.3 Å². The zero-order chi connectivity index (χ0) is 10.6. The number of hydrogen-bond donors (Lipinski definition) is 1. The van der Waals surface area contributed by atoms with E-state index < -0.39 is 10.0 Å². The fourth-order valence-electron chi connectivity index (χ4n) is 1.05. The van der Waals surface area contributed by atoms with Crippen LogP contribution in [0, 0.1) is 0 Å². The van der Waals surface area contributed by atoms with Gasteiger partial charge in [-0.05, 0) is 11.6 Å². The molecule has 1 aromatic rings. The van der Waals surface area contributed by atoms with Crippen molar-refractivity contribution < 1.29 is 8.42 Å². The quantitative estimate of drug-likeness (QED) is 0.855. The van der Waals surface area contributed by atoms with Crippen LogP contribution in [0.15, 0.2) is 35.2 Å². The van der Waals surface area contributed by atoms with Crippen molar-refractivity contribution in [3.05, 3.63) is 35.9 Å². The first-order chi connectivity index (χ1) is 6.55. The third-order valence-corrected chi connectivity index (χ3v) is 2.97. The van der Waals surface area contributed by atoms with Crippen molar-refractivity contribution in [2.24, 2.45) is 5.14 Å². The molecular weight excluding hydrogens is 266 g/mol. The molecule has 0 unspecified atom stereocenters. The van der Waals surface area contributed by atoms with Crippen LogP contribution in [-0.4, -0.2) is 13.7 Å². The lowest BCUT2D eigenvalue weighted by molar-refractivity contribution is 0.597. The van der Waals surface area contributed by atoms with Gasteiger partial charge >= 0.3 is 0 Å². The monoisotopic (exact) mass is 275 g/mol. The van der Waals surface area contributed by atoms with Gasteiger partial charge in [0.25, 0.3) is 0 Å². The molecule has 5 heteroatoms. The molecule has 0 aromatic heterocycles. The summed E-state index contributed by atoms with van der Waals surface area (Å²) in [6.45, 7) is 0. The zero-order valence-electron chi connectivity index (χ0n) is 7.35. The second-order valence-corrected chi connectivity index (χ2v) is 4.82. The Labute approximate surface area is 91.8 Å². The van der Waals surface area contributed by atoms with Crippen LogP contribution in [0.5, 0.6) is 0 Å². The first-order valence-electron chi connectivity index (χ1n) is 3.90. The highest BCUT2D eigenvalue weighted by Gasteiger charge is 2.10. The van der Waals surface area contributed by atoms with Crippen molar-refractivity contribution in [3.8, 4) is 0 Å². The molecule has 0 bridgehead atoms.